The number of aryl methyl sites for hydroxylation is 1. The fourth-order valence-corrected chi connectivity index (χ4v) is 2.41. The lowest BCUT2D eigenvalue weighted by molar-refractivity contribution is 0.703. The number of hydrogen-bond donors (Lipinski definition) is 1. The number of nitrogens with zero attached hydrogens (tertiary/aromatic N) is 2. The Bertz CT molecular complexity index is 843. The molecule has 0 radical (unpaired) electrons. The lowest BCUT2D eigenvalue weighted by atomic mass is 10.1. The van der Waals surface area contributed by atoms with Crippen LogP contribution in [0.25, 0.3) is 23.1 Å². The second-order valence-corrected chi connectivity index (χ2v) is 5.00. The lowest BCUT2D eigenvalue weighted by Gasteiger charge is -2.03. The molecule has 0 spiro atoms. The van der Waals surface area contributed by atoms with E-state index in [4.69, 9.17) is 0 Å². The first-order valence-electron chi connectivity index (χ1n) is 8.08. The second-order valence-electron chi connectivity index (χ2n) is 5.00. The van der Waals surface area contributed by atoms with Crippen molar-refractivity contribution in [2.45, 2.75) is 33.7 Å². The lowest BCUT2D eigenvalue weighted by Crippen LogP contribution is -2.04. The summed E-state index contributed by atoms with van der Waals surface area (Å²) >= 11 is 0. The zero-order valence-corrected chi connectivity index (χ0v) is 13.9. The van der Waals surface area contributed by atoms with E-state index in [-0.39, 0.29) is 5.56 Å². The van der Waals surface area contributed by atoms with Crippen molar-refractivity contribution in [2.24, 2.45) is 0 Å². The van der Waals surface area contributed by atoms with Crippen LogP contribution in [-0.4, -0.2) is 14.5 Å². The van der Waals surface area contributed by atoms with Crippen LogP contribution in [0.15, 0.2) is 47.7 Å². The molecule has 0 saturated carbocycles. The number of aromatic nitrogens is 3. The monoisotopic (exact) mass is 309 g/mol. The molecule has 1 N–H and O–H groups in total. The molecular weight excluding hydrogens is 286 g/mol. The highest BCUT2D eigenvalue weighted by Gasteiger charge is 2.00. The van der Waals surface area contributed by atoms with E-state index in [0.717, 1.165) is 18.5 Å². The van der Waals surface area contributed by atoms with Gasteiger partial charge in [0.25, 0.3) is 5.56 Å². The van der Waals surface area contributed by atoms with Gasteiger partial charge in [0.1, 0.15) is 0 Å². The SMILES string of the molecule is CC.CCCn1ccc2cc(/C=C/c3cc(=O)[nH]cn3)ccc21. The van der Waals surface area contributed by atoms with Crippen LogP contribution in [-0.2, 0) is 6.54 Å². The largest absolute Gasteiger partial charge is 0.347 e. The summed E-state index contributed by atoms with van der Waals surface area (Å²) in [7, 11) is 0. The summed E-state index contributed by atoms with van der Waals surface area (Å²) in [5.74, 6) is 0. The van der Waals surface area contributed by atoms with E-state index in [9.17, 15) is 4.79 Å². The fourth-order valence-electron chi connectivity index (χ4n) is 2.41. The van der Waals surface area contributed by atoms with E-state index < -0.39 is 0 Å². The van der Waals surface area contributed by atoms with Crippen molar-refractivity contribution >= 4 is 23.1 Å². The van der Waals surface area contributed by atoms with Crippen molar-refractivity contribution in [2.75, 3.05) is 0 Å². The van der Waals surface area contributed by atoms with Crippen LogP contribution in [0, 0.1) is 0 Å². The molecule has 23 heavy (non-hydrogen) atoms. The third kappa shape index (κ3) is 4.19. The molecule has 0 saturated heterocycles. The maximum atomic E-state index is 11.2. The Morgan fingerprint density at radius 2 is 2.00 bits per heavy atom. The van der Waals surface area contributed by atoms with Gasteiger partial charge in [-0.25, -0.2) is 4.98 Å². The van der Waals surface area contributed by atoms with E-state index >= 15 is 0 Å². The molecule has 0 atom stereocenters. The van der Waals surface area contributed by atoms with Crippen LogP contribution in [0.5, 0.6) is 0 Å². The molecule has 2 heterocycles. The van der Waals surface area contributed by atoms with E-state index in [1.165, 1.54) is 23.3 Å². The smallest absolute Gasteiger partial charge is 0.251 e. The third-order valence-electron chi connectivity index (χ3n) is 3.41. The molecule has 1 aromatic carbocycles. The predicted molar refractivity (Wildman–Crippen MR) is 97.4 cm³/mol. The van der Waals surface area contributed by atoms with Crippen molar-refractivity contribution in [3.8, 4) is 0 Å². The molecule has 4 nitrogen and oxygen atoms in total. The van der Waals surface area contributed by atoms with Gasteiger partial charge in [0.2, 0.25) is 0 Å². The zero-order chi connectivity index (χ0) is 16.7. The van der Waals surface area contributed by atoms with E-state index in [0.29, 0.717) is 5.69 Å². The van der Waals surface area contributed by atoms with Crippen LogP contribution >= 0.6 is 0 Å². The van der Waals surface area contributed by atoms with Crippen LogP contribution in [0.3, 0.4) is 0 Å². The summed E-state index contributed by atoms with van der Waals surface area (Å²) in [4.78, 5) is 17.8. The molecule has 0 unspecified atom stereocenters. The van der Waals surface area contributed by atoms with Gasteiger partial charge in [-0.2, -0.15) is 0 Å². The minimum atomic E-state index is -0.142. The Morgan fingerprint density at radius 3 is 2.74 bits per heavy atom. The molecule has 0 amide bonds. The first kappa shape index (κ1) is 16.7. The Balaban J connectivity index is 0.000000924. The van der Waals surface area contributed by atoms with Gasteiger partial charge < -0.3 is 9.55 Å². The molecule has 0 aliphatic carbocycles. The minimum Gasteiger partial charge on any atom is -0.347 e. The fraction of sp³-hybridized carbons (Fsp3) is 0.263. The van der Waals surface area contributed by atoms with Gasteiger partial charge >= 0.3 is 0 Å². The summed E-state index contributed by atoms with van der Waals surface area (Å²) in [5.41, 5.74) is 2.86. The maximum absolute atomic E-state index is 11.2. The van der Waals surface area contributed by atoms with Gasteiger partial charge in [0, 0.05) is 29.7 Å². The number of nitrogens with one attached hydrogen (secondary N) is 1. The summed E-state index contributed by atoms with van der Waals surface area (Å²) in [6, 6.07) is 9.97. The summed E-state index contributed by atoms with van der Waals surface area (Å²) < 4.78 is 2.27. The van der Waals surface area contributed by atoms with E-state index in [2.05, 4.69) is 51.9 Å². The summed E-state index contributed by atoms with van der Waals surface area (Å²) in [6.07, 6.45) is 8.48. The van der Waals surface area contributed by atoms with Gasteiger partial charge in [0.05, 0.1) is 12.0 Å². The Labute approximate surface area is 136 Å². The van der Waals surface area contributed by atoms with E-state index in [1.807, 2.05) is 26.0 Å². The number of rotatable bonds is 4. The van der Waals surface area contributed by atoms with Crippen molar-refractivity contribution in [1.29, 1.82) is 0 Å². The highest BCUT2D eigenvalue weighted by Crippen LogP contribution is 2.19. The predicted octanol–water partition coefficient (Wildman–Crippen LogP) is 4.33. The molecule has 2 aromatic heterocycles. The molecule has 4 heteroatoms. The zero-order valence-electron chi connectivity index (χ0n) is 13.9. The first-order chi connectivity index (χ1) is 11.3. The minimum absolute atomic E-state index is 0.142. The number of aromatic amines is 1. The second kappa shape index (κ2) is 8.13. The van der Waals surface area contributed by atoms with Crippen molar-refractivity contribution < 1.29 is 0 Å². The van der Waals surface area contributed by atoms with Crippen molar-refractivity contribution in [1.82, 2.24) is 14.5 Å². The number of fused-ring (bicyclic) bond motifs is 1. The van der Waals surface area contributed by atoms with Crippen LogP contribution in [0.2, 0.25) is 0 Å². The molecule has 0 fully saturated rings. The number of benzene rings is 1. The van der Waals surface area contributed by atoms with Gasteiger partial charge in [-0.05, 0) is 36.3 Å². The third-order valence-corrected chi connectivity index (χ3v) is 3.41. The molecular formula is C19H23N3O. The van der Waals surface area contributed by atoms with Gasteiger partial charge in [-0.15, -0.1) is 0 Å². The molecule has 120 valence electrons. The number of hydrogen-bond acceptors (Lipinski definition) is 2. The Hall–Kier alpha value is -2.62. The average molecular weight is 309 g/mol. The summed E-state index contributed by atoms with van der Waals surface area (Å²) in [6.45, 7) is 7.22. The van der Waals surface area contributed by atoms with Crippen LogP contribution in [0.1, 0.15) is 38.4 Å². The topological polar surface area (TPSA) is 50.7 Å². The van der Waals surface area contributed by atoms with Crippen LogP contribution in [0.4, 0.5) is 0 Å². The normalized spacial score (nSPS) is 10.7. The van der Waals surface area contributed by atoms with Gasteiger partial charge in [-0.3, -0.25) is 4.79 Å². The average Bonchev–Trinajstić information content (AvgIpc) is 2.98. The highest BCUT2D eigenvalue weighted by molar-refractivity contribution is 5.84. The molecule has 0 bridgehead atoms. The highest BCUT2D eigenvalue weighted by atomic mass is 16.1. The summed E-state index contributed by atoms with van der Waals surface area (Å²) in [5, 5.41) is 1.23. The molecule has 0 aliphatic rings. The van der Waals surface area contributed by atoms with Crippen molar-refractivity contribution in [3.05, 3.63) is 64.5 Å². The number of H-pyrrole nitrogens is 1. The molecule has 3 rings (SSSR count). The first-order valence-corrected chi connectivity index (χ1v) is 8.08. The molecule has 0 aliphatic heterocycles. The Morgan fingerprint density at radius 1 is 1.17 bits per heavy atom. The molecule has 3 aromatic rings. The van der Waals surface area contributed by atoms with Crippen molar-refractivity contribution in [3.63, 3.8) is 0 Å². The van der Waals surface area contributed by atoms with Crippen LogP contribution < -0.4 is 5.56 Å². The van der Waals surface area contributed by atoms with Gasteiger partial charge in [-0.1, -0.05) is 32.9 Å². The standard InChI is InChI=1S/C17H17N3O.C2H6/c1-2-8-20-9-7-14-10-13(4-6-16(14)20)3-5-15-11-17(21)19-12-18-15;1-2/h3-7,9-12H,2,8H2,1H3,(H,18,19,21);1-2H3/b5-3+;. The Kier molecular flexibility index (Phi) is 5.92. The maximum Gasteiger partial charge on any atom is 0.251 e. The quantitative estimate of drug-likeness (QED) is 0.779. The van der Waals surface area contributed by atoms with E-state index in [1.54, 1.807) is 0 Å². The van der Waals surface area contributed by atoms with Gasteiger partial charge in [0.15, 0.2) is 0 Å².